The zero-order chi connectivity index (χ0) is 22.9. The molecule has 2 aromatic rings. The molecule has 1 heterocycles. The van der Waals surface area contributed by atoms with Crippen molar-refractivity contribution in [3.05, 3.63) is 48.2 Å². The van der Waals surface area contributed by atoms with Crippen LogP contribution in [0.3, 0.4) is 0 Å². The van der Waals surface area contributed by atoms with Crippen molar-refractivity contribution in [2.24, 2.45) is 0 Å². The van der Waals surface area contributed by atoms with Crippen molar-refractivity contribution in [2.75, 3.05) is 6.54 Å². The molecule has 1 aromatic carbocycles. The third kappa shape index (κ3) is 10.3. The molecule has 4 heteroatoms. The average molecular weight is 439 g/mol. The lowest BCUT2D eigenvalue weighted by Crippen LogP contribution is -2.29. The summed E-state index contributed by atoms with van der Waals surface area (Å²) in [4.78, 5) is 27.5. The van der Waals surface area contributed by atoms with Gasteiger partial charge in [-0.25, -0.2) is 0 Å². The molecule has 0 radical (unpaired) electrons. The zero-order valence-corrected chi connectivity index (χ0v) is 20.0. The van der Waals surface area contributed by atoms with Crippen LogP contribution in [-0.4, -0.2) is 23.2 Å². The molecule has 176 valence electrons. The number of H-pyrrole nitrogens is 1. The van der Waals surface area contributed by atoms with Gasteiger partial charge in [0.15, 0.2) is 5.78 Å². The maximum atomic E-state index is 12.4. The molecule has 32 heavy (non-hydrogen) atoms. The van der Waals surface area contributed by atoms with E-state index in [-0.39, 0.29) is 18.2 Å². The first-order valence-electron chi connectivity index (χ1n) is 12.7. The van der Waals surface area contributed by atoms with Gasteiger partial charge < -0.3 is 10.3 Å². The molecular weight excluding hydrogens is 396 g/mol. The summed E-state index contributed by atoms with van der Waals surface area (Å²) in [5.41, 5.74) is 1.58. The van der Waals surface area contributed by atoms with Gasteiger partial charge in [-0.3, -0.25) is 9.59 Å². The van der Waals surface area contributed by atoms with Gasteiger partial charge in [-0.1, -0.05) is 88.6 Å². The molecule has 2 N–H and O–H groups in total. The van der Waals surface area contributed by atoms with Gasteiger partial charge in [-0.05, 0) is 38.2 Å². The van der Waals surface area contributed by atoms with Crippen molar-refractivity contribution in [1.82, 2.24) is 10.3 Å². The Morgan fingerprint density at radius 3 is 2.19 bits per heavy atom. The Balaban J connectivity index is 1.42. The summed E-state index contributed by atoms with van der Waals surface area (Å²) in [7, 11) is 0. The van der Waals surface area contributed by atoms with E-state index in [0.29, 0.717) is 12.0 Å². The number of carbonyl (C=O) groups excluding carboxylic acids is 2. The topological polar surface area (TPSA) is 62.0 Å². The van der Waals surface area contributed by atoms with Crippen LogP contribution in [0, 0.1) is 0 Å². The van der Waals surface area contributed by atoms with Crippen LogP contribution in [0.4, 0.5) is 0 Å². The minimum Gasteiger partial charge on any atom is -0.360 e. The smallest absolute Gasteiger partial charge is 0.220 e. The molecule has 0 aliphatic carbocycles. The number of ketones is 1. The van der Waals surface area contributed by atoms with Crippen LogP contribution in [0.25, 0.3) is 10.9 Å². The van der Waals surface area contributed by atoms with E-state index in [1.807, 2.05) is 24.3 Å². The fourth-order valence-corrected chi connectivity index (χ4v) is 4.02. The fraction of sp³-hybridized carbons (Fsp3) is 0.571. The van der Waals surface area contributed by atoms with Gasteiger partial charge in [0.1, 0.15) is 0 Å². The first-order valence-corrected chi connectivity index (χ1v) is 12.7. The second-order valence-corrected chi connectivity index (χ2v) is 8.78. The predicted molar refractivity (Wildman–Crippen MR) is 135 cm³/mol. The third-order valence-corrected chi connectivity index (χ3v) is 6.00. The number of allylic oxidation sites excluding steroid dienone is 2. The van der Waals surface area contributed by atoms with Crippen molar-refractivity contribution >= 4 is 22.6 Å². The van der Waals surface area contributed by atoms with Crippen molar-refractivity contribution in [3.63, 3.8) is 0 Å². The highest BCUT2D eigenvalue weighted by atomic mass is 16.2. The molecule has 0 aliphatic rings. The molecule has 4 nitrogen and oxygen atoms in total. The Bertz CT molecular complexity index is 822. The highest BCUT2D eigenvalue weighted by Gasteiger charge is 2.12. The molecule has 0 atom stereocenters. The highest BCUT2D eigenvalue weighted by Crippen LogP contribution is 2.18. The van der Waals surface area contributed by atoms with Crippen LogP contribution < -0.4 is 5.32 Å². The zero-order valence-electron chi connectivity index (χ0n) is 20.0. The van der Waals surface area contributed by atoms with Gasteiger partial charge in [-0.2, -0.15) is 0 Å². The molecule has 0 fully saturated rings. The van der Waals surface area contributed by atoms with Crippen molar-refractivity contribution in [3.8, 4) is 0 Å². The van der Waals surface area contributed by atoms with Crippen LogP contribution in [0.2, 0.25) is 0 Å². The van der Waals surface area contributed by atoms with E-state index in [1.165, 1.54) is 70.6 Å². The second-order valence-electron chi connectivity index (χ2n) is 8.78. The van der Waals surface area contributed by atoms with E-state index in [1.54, 1.807) is 6.20 Å². The molecule has 1 aromatic heterocycles. The van der Waals surface area contributed by atoms with Gasteiger partial charge in [0.2, 0.25) is 5.91 Å². The van der Waals surface area contributed by atoms with Gasteiger partial charge in [0.25, 0.3) is 0 Å². The van der Waals surface area contributed by atoms with Gasteiger partial charge in [0.05, 0.1) is 6.54 Å². The van der Waals surface area contributed by atoms with Gasteiger partial charge >= 0.3 is 0 Å². The Morgan fingerprint density at radius 2 is 1.47 bits per heavy atom. The Kier molecular flexibility index (Phi) is 13.2. The number of Topliss-reactive ketones (excluding diaryl/α,β-unsaturated/α-hetero) is 1. The number of aromatic nitrogens is 1. The van der Waals surface area contributed by atoms with Gasteiger partial charge in [0, 0.05) is 29.1 Å². The standard InChI is InChI=1S/C28H42N2O2/c1-2-3-4-5-6-7-8-9-10-11-12-13-14-15-16-21-28(32)30-23-27(31)25-22-29-26-20-18-17-19-24(25)26/h9-10,17-20,22,29H,2-8,11-16,21,23H2,1H3,(H,30,32)/b10-9-. The predicted octanol–water partition coefficient (Wildman–Crippen LogP) is 7.50. The number of nitrogens with one attached hydrogen (secondary N) is 2. The quantitative estimate of drug-likeness (QED) is 0.144. The highest BCUT2D eigenvalue weighted by molar-refractivity contribution is 6.09. The van der Waals surface area contributed by atoms with E-state index in [2.05, 4.69) is 29.4 Å². The first kappa shape index (κ1) is 25.9. The summed E-state index contributed by atoms with van der Waals surface area (Å²) in [6.45, 7) is 2.32. The SMILES string of the molecule is CCCCCCCC/C=C\CCCCCCCC(=O)NCC(=O)c1c[nH]c2ccccc12. The largest absolute Gasteiger partial charge is 0.360 e. The Morgan fingerprint density at radius 1 is 0.844 bits per heavy atom. The number of hydrogen-bond donors (Lipinski definition) is 2. The molecule has 0 saturated carbocycles. The molecule has 2 rings (SSSR count). The van der Waals surface area contributed by atoms with E-state index < -0.39 is 0 Å². The molecule has 0 aliphatic heterocycles. The van der Waals surface area contributed by atoms with Gasteiger partial charge in [-0.15, -0.1) is 0 Å². The number of unbranched alkanes of at least 4 members (excludes halogenated alkanes) is 11. The number of benzene rings is 1. The molecule has 1 amide bonds. The van der Waals surface area contributed by atoms with Crippen molar-refractivity contribution < 1.29 is 9.59 Å². The summed E-state index contributed by atoms with van der Waals surface area (Å²) in [5.74, 6) is -0.0869. The number of fused-ring (bicyclic) bond motifs is 1. The lowest BCUT2D eigenvalue weighted by molar-refractivity contribution is -0.121. The van der Waals surface area contributed by atoms with Crippen LogP contribution in [0.15, 0.2) is 42.6 Å². The van der Waals surface area contributed by atoms with E-state index in [9.17, 15) is 9.59 Å². The van der Waals surface area contributed by atoms with Crippen LogP contribution in [0.1, 0.15) is 107 Å². The maximum Gasteiger partial charge on any atom is 0.220 e. The number of rotatable bonds is 18. The Labute approximate surface area is 194 Å². The van der Waals surface area contributed by atoms with Crippen molar-refractivity contribution in [1.29, 1.82) is 0 Å². The lowest BCUT2D eigenvalue weighted by Gasteiger charge is -2.04. The summed E-state index contributed by atoms with van der Waals surface area (Å²) >= 11 is 0. The molecule has 0 unspecified atom stereocenters. The fourth-order valence-electron chi connectivity index (χ4n) is 4.02. The Hall–Kier alpha value is -2.36. The third-order valence-electron chi connectivity index (χ3n) is 6.00. The molecule has 0 spiro atoms. The normalized spacial score (nSPS) is 11.4. The average Bonchev–Trinajstić information content (AvgIpc) is 3.24. The van der Waals surface area contributed by atoms with E-state index in [0.717, 1.165) is 23.7 Å². The molecule has 0 bridgehead atoms. The summed E-state index contributed by atoms with van der Waals surface area (Å²) in [6, 6.07) is 7.71. The number of hydrogen-bond acceptors (Lipinski definition) is 2. The lowest BCUT2D eigenvalue weighted by atomic mass is 10.1. The van der Waals surface area contributed by atoms with Crippen LogP contribution in [0.5, 0.6) is 0 Å². The minimum atomic E-state index is -0.0552. The second kappa shape index (κ2) is 16.3. The van der Waals surface area contributed by atoms with Crippen LogP contribution >= 0.6 is 0 Å². The number of carbonyl (C=O) groups is 2. The first-order chi connectivity index (χ1) is 15.7. The van der Waals surface area contributed by atoms with E-state index >= 15 is 0 Å². The minimum absolute atomic E-state index is 0.0316. The monoisotopic (exact) mass is 438 g/mol. The maximum absolute atomic E-state index is 12.4. The summed E-state index contributed by atoms with van der Waals surface area (Å²) in [6.07, 6.45) is 23.1. The number of aromatic amines is 1. The summed E-state index contributed by atoms with van der Waals surface area (Å²) < 4.78 is 0. The molecular formula is C28H42N2O2. The summed E-state index contributed by atoms with van der Waals surface area (Å²) in [5, 5.41) is 3.68. The van der Waals surface area contributed by atoms with Crippen LogP contribution in [-0.2, 0) is 4.79 Å². The van der Waals surface area contributed by atoms with Crippen molar-refractivity contribution in [2.45, 2.75) is 96.8 Å². The number of para-hydroxylation sites is 1. The molecule has 0 saturated heterocycles. The van der Waals surface area contributed by atoms with E-state index in [4.69, 9.17) is 0 Å². The number of amides is 1.